The summed E-state index contributed by atoms with van der Waals surface area (Å²) >= 11 is 0. The fourth-order valence-electron chi connectivity index (χ4n) is 3.33. The van der Waals surface area contributed by atoms with Gasteiger partial charge in [-0.1, -0.05) is 12.1 Å². The minimum absolute atomic E-state index is 0.0714. The zero-order valence-electron chi connectivity index (χ0n) is 11.0. The van der Waals surface area contributed by atoms with Gasteiger partial charge in [0.25, 0.3) is 0 Å². The quantitative estimate of drug-likeness (QED) is 0.893. The van der Waals surface area contributed by atoms with Gasteiger partial charge in [0.1, 0.15) is 0 Å². The molecule has 3 rings (SSSR count). The average molecular weight is 268 g/mol. The lowest BCUT2D eigenvalue weighted by atomic mass is 9.84. The van der Waals surface area contributed by atoms with Crippen molar-refractivity contribution in [1.82, 2.24) is 0 Å². The van der Waals surface area contributed by atoms with Gasteiger partial charge in [0.15, 0.2) is 11.6 Å². The van der Waals surface area contributed by atoms with Crippen molar-refractivity contribution in [3.05, 3.63) is 34.9 Å². The molecule has 2 aliphatic rings. The predicted octanol–water partition coefficient (Wildman–Crippen LogP) is 2.89. The van der Waals surface area contributed by atoms with Crippen molar-refractivity contribution in [2.45, 2.75) is 56.8 Å². The van der Waals surface area contributed by atoms with E-state index in [2.05, 4.69) is 0 Å². The molecule has 2 unspecified atom stereocenters. The Bertz CT molecular complexity index is 489. The molecule has 104 valence electrons. The van der Waals surface area contributed by atoms with E-state index in [4.69, 9.17) is 4.74 Å². The summed E-state index contributed by atoms with van der Waals surface area (Å²) in [5, 5.41) is 10.6. The molecule has 1 aromatic rings. The molecule has 2 fully saturated rings. The molecule has 0 amide bonds. The summed E-state index contributed by atoms with van der Waals surface area (Å²) in [6.45, 7) is 1.53. The molecule has 2 nitrogen and oxygen atoms in total. The van der Waals surface area contributed by atoms with Gasteiger partial charge in [0, 0.05) is 19.3 Å². The molecule has 2 bridgehead atoms. The summed E-state index contributed by atoms with van der Waals surface area (Å²) in [6.07, 6.45) is 3.24. The maximum Gasteiger partial charge on any atom is 0.162 e. The van der Waals surface area contributed by atoms with Gasteiger partial charge >= 0.3 is 0 Å². The zero-order chi connectivity index (χ0) is 13.6. The summed E-state index contributed by atoms with van der Waals surface area (Å²) in [4.78, 5) is 0. The summed E-state index contributed by atoms with van der Waals surface area (Å²) in [7, 11) is 0. The van der Waals surface area contributed by atoms with Crippen molar-refractivity contribution in [3.8, 4) is 0 Å². The number of benzene rings is 1. The number of aliphatic hydroxyl groups is 1. The second kappa shape index (κ2) is 4.53. The fraction of sp³-hybridized carbons (Fsp3) is 0.600. The van der Waals surface area contributed by atoms with Crippen LogP contribution in [0.15, 0.2) is 12.1 Å². The van der Waals surface area contributed by atoms with Crippen molar-refractivity contribution in [2.24, 2.45) is 0 Å². The van der Waals surface area contributed by atoms with E-state index < -0.39 is 17.2 Å². The summed E-state index contributed by atoms with van der Waals surface area (Å²) in [5.41, 5.74) is -0.417. The standard InChI is InChI=1S/C15H18F2O2/c1-9-2-3-10(14(17)13(9)16)6-15(18)7-11-4-5-12(8-15)19-11/h2-3,11-12,18H,4-8H2,1H3. The summed E-state index contributed by atoms with van der Waals surface area (Å²) in [6, 6.07) is 3.13. The van der Waals surface area contributed by atoms with E-state index in [0.717, 1.165) is 12.8 Å². The first-order valence-electron chi connectivity index (χ1n) is 6.78. The number of fused-ring (bicyclic) bond motifs is 2. The van der Waals surface area contributed by atoms with Crippen molar-refractivity contribution in [3.63, 3.8) is 0 Å². The second-order valence-electron chi connectivity index (χ2n) is 5.94. The van der Waals surface area contributed by atoms with Crippen LogP contribution in [0.25, 0.3) is 0 Å². The number of aryl methyl sites for hydroxylation is 1. The predicted molar refractivity (Wildman–Crippen MR) is 66.9 cm³/mol. The minimum Gasteiger partial charge on any atom is -0.389 e. The van der Waals surface area contributed by atoms with E-state index in [1.54, 1.807) is 12.1 Å². The average Bonchev–Trinajstić information content (AvgIpc) is 2.70. The van der Waals surface area contributed by atoms with Gasteiger partial charge in [-0.15, -0.1) is 0 Å². The van der Waals surface area contributed by atoms with Gasteiger partial charge in [-0.05, 0) is 30.9 Å². The summed E-state index contributed by atoms with van der Waals surface area (Å²) < 4.78 is 33.1. The van der Waals surface area contributed by atoms with Crippen molar-refractivity contribution in [2.75, 3.05) is 0 Å². The van der Waals surface area contributed by atoms with Crippen molar-refractivity contribution < 1.29 is 18.6 Å². The molecule has 1 aromatic carbocycles. The maximum absolute atomic E-state index is 13.9. The fourth-order valence-corrected chi connectivity index (χ4v) is 3.33. The normalized spacial score (nSPS) is 33.7. The Hall–Kier alpha value is -1.00. The molecule has 1 N–H and O–H groups in total. The van der Waals surface area contributed by atoms with E-state index in [1.165, 1.54) is 6.92 Å². The zero-order valence-corrected chi connectivity index (χ0v) is 11.0. The number of halogens is 2. The van der Waals surface area contributed by atoms with E-state index in [0.29, 0.717) is 18.4 Å². The van der Waals surface area contributed by atoms with Gasteiger partial charge in [-0.3, -0.25) is 0 Å². The van der Waals surface area contributed by atoms with E-state index >= 15 is 0 Å². The lowest BCUT2D eigenvalue weighted by molar-refractivity contribution is -0.110. The molecular weight excluding hydrogens is 250 g/mol. The van der Waals surface area contributed by atoms with Gasteiger partial charge in [0.2, 0.25) is 0 Å². The first kappa shape index (κ1) is 13.0. The first-order valence-corrected chi connectivity index (χ1v) is 6.78. The molecule has 2 aliphatic heterocycles. The van der Waals surface area contributed by atoms with Crippen LogP contribution in [0.2, 0.25) is 0 Å². The van der Waals surface area contributed by atoms with E-state index in [-0.39, 0.29) is 24.2 Å². The van der Waals surface area contributed by atoms with Crippen LogP contribution in [-0.4, -0.2) is 22.9 Å². The van der Waals surface area contributed by atoms with Crippen LogP contribution < -0.4 is 0 Å². The lowest BCUT2D eigenvalue weighted by Gasteiger charge is -2.36. The van der Waals surface area contributed by atoms with Crippen LogP contribution in [0, 0.1) is 18.6 Å². The van der Waals surface area contributed by atoms with Crippen molar-refractivity contribution >= 4 is 0 Å². The van der Waals surface area contributed by atoms with Crippen molar-refractivity contribution in [1.29, 1.82) is 0 Å². The van der Waals surface area contributed by atoms with Crippen LogP contribution in [0.4, 0.5) is 8.78 Å². The van der Waals surface area contributed by atoms with Crippen LogP contribution in [0.5, 0.6) is 0 Å². The highest BCUT2D eigenvalue weighted by Gasteiger charge is 2.44. The minimum atomic E-state index is -0.966. The van der Waals surface area contributed by atoms with E-state index in [9.17, 15) is 13.9 Å². The molecular formula is C15H18F2O2. The third-order valence-corrected chi connectivity index (χ3v) is 4.29. The first-order chi connectivity index (χ1) is 8.97. The lowest BCUT2D eigenvalue weighted by Crippen LogP contribution is -2.42. The third kappa shape index (κ3) is 2.39. The van der Waals surface area contributed by atoms with Crippen LogP contribution >= 0.6 is 0 Å². The van der Waals surface area contributed by atoms with Gasteiger partial charge < -0.3 is 9.84 Å². The Balaban J connectivity index is 1.83. The largest absolute Gasteiger partial charge is 0.389 e. The molecule has 0 spiro atoms. The molecule has 0 radical (unpaired) electrons. The Morgan fingerprint density at radius 1 is 1.21 bits per heavy atom. The topological polar surface area (TPSA) is 29.5 Å². The Morgan fingerprint density at radius 2 is 1.84 bits per heavy atom. The van der Waals surface area contributed by atoms with Crippen LogP contribution in [0.1, 0.15) is 36.8 Å². The highest BCUT2D eigenvalue weighted by molar-refractivity contribution is 5.27. The van der Waals surface area contributed by atoms with Crippen LogP contribution in [-0.2, 0) is 11.2 Å². The highest BCUT2D eigenvalue weighted by Crippen LogP contribution is 2.40. The number of hydrogen-bond acceptors (Lipinski definition) is 2. The highest BCUT2D eigenvalue weighted by atomic mass is 19.2. The monoisotopic (exact) mass is 268 g/mol. The molecule has 19 heavy (non-hydrogen) atoms. The summed E-state index contributed by atoms with van der Waals surface area (Å²) in [5.74, 6) is -1.64. The molecule has 4 heteroatoms. The second-order valence-corrected chi connectivity index (χ2v) is 5.94. The maximum atomic E-state index is 13.9. The van der Waals surface area contributed by atoms with Gasteiger partial charge in [-0.2, -0.15) is 0 Å². The molecule has 2 heterocycles. The Labute approximate surface area is 111 Å². The molecule has 2 saturated heterocycles. The molecule has 0 saturated carbocycles. The number of hydrogen-bond donors (Lipinski definition) is 1. The van der Waals surface area contributed by atoms with Gasteiger partial charge in [0.05, 0.1) is 17.8 Å². The third-order valence-electron chi connectivity index (χ3n) is 4.29. The molecule has 0 aromatic heterocycles. The molecule has 2 atom stereocenters. The molecule has 0 aliphatic carbocycles. The van der Waals surface area contributed by atoms with Gasteiger partial charge in [-0.25, -0.2) is 8.78 Å². The number of rotatable bonds is 2. The Kier molecular flexibility index (Phi) is 3.10. The Morgan fingerprint density at radius 3 is 2.47 bits per heavy atom. The smallest absolute Gasteiger partial charge is 0.162 e. The van der Waals surface area contributed by atoms with E-state index in [1.807, 2.05) is 0 Å². The number of ether oxygens (including phenoxy) is 1. The van der Waals surface area contributed by atoms with Crippen LogP contribution in [0.3, 0.4) is 0 Å². The SMILES string of the molecule is Cc1ccc(CC2(O)CC3CCC(C2)O3)c(F)c1F.